The van der Waals surface area contributed by atoms with E-state index in [1.165, 1.54) is 0 Å². The second-order valence-electron chi connectivity index (χ2n) is 4.07. The Morgan fingerprint density at radius 3 is 2.20 bits per heavy atom. The summed E-state index contributed by atoms with van der Waals surface area (Å²) in [6.07, 6.45) is 0. The molecule has 0 heterocycles. The minimum atomic E-state index is -0.247. The normalized spacial score (nSPS) is 9.95. The fraction of sp³-hybridized carbons (Fsp3) is 0.133. The number of para-hydroxylation sites is 1. The number of amides is 1. The zero-order valence-electron chi connectivity index (χ0n) is 11.2. The van der Waals surface area contributed by atoms with E-state index in [0.29, 0.717) is 27.6 Å². The molecular formula is C15H15NO3S. The van der Waals surface area contributed by atoms with Gasteiger partial charge in [-0.2, -0.15) is 0 Å². The number of methoxy groups -OCH3 is 2. The second kappa shape index (κ2) is 6.34. The first kappa shape index (κ1) is 14.3. The molecule has 1 N–H and O–H groups in total. The van der Waals surface area contributed by atoms with E-state index in [0.717, 1.165) is 0 Å². The number of nitrogens with one attached hydrogen (secondary N) is 1. The van der Waals surface area contributed by atoms with Gasteiger partial charge in [0.1, 0.15) is 11.5 Å². The summed E-state index contributed by atoms with van der Waals surface area (Å²) >= 11 is 4.30. The molecule has 2 rings (SSSR count). The SMILES string of the molecule is COc1cc(OC)cc(C(=O)Nc2ccccc2S)c1. The molecule has 20 heavy (non-hydrogen) atoms. The van der Waals surface area contributed by atoms with Crippen LogP contribution in [0.25, 0.3) is 0 Å². The van der Waals surface area contributed by atoms with Gasteiger partial charge in [0.2, 0.25) is 0 Å². The summed E-state index contributed by atoms with van der Waals surface area (Å²) in [4.78, 5) is 13.0. The second-order valence-corrected chi connectivity index (χ2v) is 4.55. The van der Waals surface area contributed by atoms with Crippen molar-refractivity contribution in [3.63, 3.8) is 0 Å². The van der Waals surface area contributed by atoms with E-state index in [4.69, 9.17) is 9.47 Å². The summed E-state index contributed by atoms with van der Waals surface area (Å²) in [6, 6.07) is 12.3. The average molecular weight is 289 g/mol. The van der Waals surface area contributed by atoms with Gasteiger partial charge in [0.15, 0.2) is 0 Å². The van der Waals surface area contributed by atoms with Crippen LogP contribution in [-0.2, 0) is 0 Å². The van der Waals surface area contributed by atoms with Crippen LogP contribution < -0.4 is 14.8 Å². The summed E-state index contributed by atoms with van der Waals surface area (Å²) in [6.45, 7) is 0. The Bertz CT molecular complexity index is 606. The van der Waals surface area contributed by atoms with Crippen molar-refractivity contribution in [1.29, 1.82) is 0 Å². The summed E-state index contributed by atoms with van der Waals surface area (Å²) in [5.74, 6) is 0.881. The highest BCUT2D eigenvalue weighted by atomic mass is 32.1. The molecule has 1 amide bonds. The van der Waals surface area contributed by atoms with E-state index < -0.39 is 0 Å². The molecule has 0 saturated carbocycles. The molecule has 0 aromatic heterocycles. The lowest BCUT2D eigenvalue weighted by atomic mass is 10.2. The first-order chi connectivity index (χ1) is 9.63. The molecule has 0 aliphatic carbocycles. The van der Waals surface area contributed by atoms with Crippen LogP contribution in [0.3, 0.4) is 0 Å². The molecule has 0 aliphatic heterocycles. The van der Waals surface area contributed by atoms with Crippen molar-refractivity contribution in [2.24, 2.45) is 0 Å². The lowest BCUT2D eigenvalue weighted by Crippen LogP contribution is -2.12. The number of hydrogen-bond donors (Lipinski definition) is 2. The molecule has 0 unspecified atom stereocenters. The van der Waals surface area contributed by atoms with E-state index in [1.54, 1.807) is 38.5 Å². The Hall–Kier alpha value is -2.14. The van der Waals surface area contributed by atoms with Crippen LogP contribution in [-0.4, -0.2) is 20.1 Å². The maximum absolute atomic E-state index is 12.2. The Morgan fingerprint density at radius 2 is 1.65 bits per heavy atom. The van der Waals surface area contributed by atoms with Crippen molar-refractivity contribution in [2.75, 3.05) is 19.5 Å². The highest BCUT2D eigenvalue weighted by molar-refractivity contribution is 7.80. The third-order valence-corrected chi connectivity index (χ3v) is 3.16. The van der Waals surface area contributed by atoms with Gasteiger partial charge in [0.05, 0.1) is 19.9 Å². The van der Waals surface area contributed by atoms with E-state index in [-0.39, 0.29) is 5.91 Å². The van der Waals surface area contributed by atoms with Gasteiger partial charge >= 0.3 is 0 Å². The predicted molar refractivity (Wildman–Crippen MR) is 81.2 cm³/mol. The smallest absolute Gasteiger partial charge is 0.255 e. The fourth-order valence-corrected chi connectivity index (χ4v) is 1.93. The standard InChI is InChI=1S/C15H15NO3S/c1-18-11-7-10(8-12(9-11)19-2)15(17)16-13-5-3-4-6-14(13)20/h3-9,20H,1-2H3,(H,16,17). The van der Waals surface area contributed by atoms with E-state index >= 15 is 0 Å². The number of hydrogen-bond acceptors (Lipinski definition) is 4. The number of benzene rings is 2. The highest BCUT2D eigenvalue weighted by Crippen LogP contribution is 2.24. The fourth-order valence-electron chi connectivity index (χ4n) is 1.71. The topological polar surface area (TPSA) is 47.6 Å². The molecule has 0 saturated heterocycles. The molecule has 0 spiro atoms. The third kappa shape index (κ3) is 3.24. The van der Waals surface area contributed by atoms with Crippen molar-refractivity contribution in [3.05, 3.63) is 48.0 Å². The van der Waals surface area contributed by atoms with Crippen LogP contribution >= 0.6 is 12.6 Å². The maximum Gasteiger partial charge on any atom is 0.255 e. The monoisotopic (exact) mass is 289 g/mol. The molecule has 104 valence electrons. The Labute approximate surface area is 123 Å². The van der Waals surface area contributed by atoms with Crippen LogP contribution in [0, 0.1) is 0 Å². The van der Waals surface area contributed by atoms with Gasteiger partial charge in [-0.05, 0) is 24.3 Å². The van der Waals surface area contributed by atoms with Crippen LogP contribution in [0.4, 0.5) is 5.69 Å². The van der Waals surface area contributed by atoms with Crippen LogP contribution in [0.1, 0.15) is 10.4 Å². The zero-order chi connectivity index (χ0) is 14.5. The quantitative estimate of drug-likeness (QED) is 0.849. The van der Waals surface area contributed by atoms with Gasteiger partial charge in [0, 0.05) is 16.5 Å². The van der Waals surface area contributed by atoms with Crippen molar-refractivity contribution in [1.82, 2.24) is 0 Å². The molecule has 0 bridgehead atoms. The molecule has 0 atom stereocenters. The van der Waals surface area contributed by atoms with Crippen molar-refractivity contribution < 1.29 is 14.3 Å². The lowest BCUT2D eigenvalue weighted by Gasteiger charge is -2.10. The van der Waals surface area contributed by atoms with Gasteiger partial charge in [-0.1, -0.05) is 12.1 Å². The van der Waals surface area contributed by atoms with Gasteiger partial charge in [-0.15, -0.1) is 12.6 Å². The van der Waals surface area contributed by atoms with Crippen molar-refractivity contribution in [3.8, 4) is 11.5 Å². The zero-order valence-corrected chi connectivity index (χ0v) is 12.1. The number of rotatable bonds is 4. The summed E-state index contributed by atoms with van der Waals surface area (Å²) in [7, 11) is 3.08. The molecule has 0 aliphatic rings. The Kier molecular flexibility index (Phi) is 4.53. The van der Waals surface area contributed by atoms with E-state index in [2.05, 4.69) is 17.9 Å². The molecule has 2 aromatic rings. The predicted octanol–water partition coefficient (Wildman–Crippen LogP) is 3.24. The number of carbonyl (C=O) groups excluding carboxylic acids is 1. The highest BCUT2D eigenvalue weighted by Gasteiger charge is 2.11. The lowest BCUT2D eigenvalue weighted by molar-refractivity contribution is 0.102. The number of anilines is 1. The molecule has 2 aromatic carbocycles. The minimum Gasteiger partial charge on any atom is -0.497 e. The minimum absolute atomic E-state index is 0.247. The Balaban J connectivity index is 2.27. The Morgan fingerprint density at radius 1 is 1.05 bits per heavy atom. The number of thiol groups is 1. The third-order valence-electron chi connectivity index (χ3n) is 2.77. The van der Waals surface area contributed by atoms with Gasteiger partial charge in [0.25, 0.3) is 5.91 Å². The van der Waals surface area contributed by atoms with E-state index in [9.17, 15) is 4.79 Å². The first-order valence-corrected chi connectivity index (χ1v) is 6.41. The van der Waals surface area contributed by atoms with Crippen LogP contribution in [0.15, 0.2) is 47.4 Å². The van der Waals surface area contributed by atoms with Gasteiger partial charge in [-0.3, -0.25) is 4.79 Å². The first-order valence-electron chi connectivity index (χ1n) is 5.96. The van der Waals surface area contributed by atoms with Gasteiger partial charge < -0.3 is 14.8 Å². The molecule has 0 radical (unpaired) electrons. The van der Waals surface area contributed by atoms with Crippen molar-refractivity contribution in [2.45, 2.75) is 4.90 Å². The average Bonchev–Trinajstić information content (AvgIpc) is 2.48. The molecular weight excluding hydrogens is 274 g/mol. The van der Waals surface area contributed by atoms with E-state index in [1.807, 2.05) is 18.2 Å². The number of ether oxygens (including phenoxy) is 2. The van der Waals surface area contributed by atoms with Crippen LogP contribution in [0.5, 0.6) is 11.5 Å². The molecule has 4 nitrogen and oxygen atoms in total. The summed E-state index contributed by atoms with van der Waals surface area (Å²) < 4.78 is 10.3. The molecule has 0 fully saturated rings. The summed E-state index contributed by atoms with van der Waals surface area (Å²) in [5.41, 5.74) is 1.11. The van der Waals surface area contributed by atoms with Crippen molar-refractivity contribution >= 4 is 24.2 Å². The maximum atomic E-state index is 12.2. The van der Waals surface area contributed by atoms with Crippen LogP contribution in [0.2, 0.25) is 0 Å². The molecule has 5 heteroatoms. The largest absolute Gasteiger partial charge is 0.497 e. The summed E-state index contributed by atoms with van der Waals surface area (Å²) in [5, 5.41) is 2.80. The number of carbonyl (C=O) groups is 1. The van der Waals surface area contributed by atoms with Gasteiger partial charge in [-0.25, -0.2) is 0 Å².